The van der Waals surface area contributed by atoms with Crippen LogP contribution in [0.3, 0.4) is 0 Å². The van der Waals surface area contributed by atoms with Gasteiger partial charge in [0.2, 0.25) is 5.82 Å². The molecule has 2 heterocycles. The summed E-state index contributed by atoms with van der Waals surface area (Å²) in [4.78, 5) is 0. The first-order valence-corrected chi connectivity index (χ1v) is 6.44. The molecule has 1 aliphatic rings. The van der Waals surface area contributed by atoms with Crippen molar-refractivity contribution >= 4 is 12.4 Å². The Morgan fingerprint density at radius 3 is 2.64 bits per heavy atom. The second-order valence-corrected chi connectivity index (χ2v) is 4.83. The lowest BCUT2D eigenvalue weighted by Crippen LogP contribution is -2.36. The van der Waals surface area contributed by atoms with Crippen molar-refractivity contribution in [3.05, 3.63) is 47.3 Å². The highest BCUT2D eigenvalue weighted by Crippen LogP contribution is 2.31. The maximum Gasteiger partial charge on any atom is 0.451 e. The van der Waals surface area contributed by atoms with Crippen LogP contribution in [0.2, 0.25) is 0 Å². The molecule has 0 fully saturated rings. The van der Waals surface area contributed by atoms with Gasteiger partial charge < -0.3 is 9.88 Å². The minimum atomic E-state index is -4.54. The molecule has 0 aliphatic carbocycles. The molecule has 0 bridgehead atoms. The van der Waals surface area contributed by atoms with Crippen molar-refractivity contribution < 1.29 is 17.6 Å². The number of hydrogen-bond acceptors (Lipinski definition) is 3. The summed E-state index contributed by atoms with van der Waals surface area (Å²) in [6, 6.07) is 5.70. The van der Waals surface area contributed by atoms with Crippen molar-refractivity contribution in [1.29, 1.82) is 0 Å². The summed E-state index contributed by atoms with van der Waals surface area (Å²) >= 11 is 0. The van der Waals surface area contributed by atoms with Crippen LogP contribution in [0.15, 0.2) is 24.3 Å². The van der Waals surface area contributed by atoms with Crippen LogP contribution in [0.25, 0.3) is 0 Å². The summed E-state index contributed by atoms with van der Waals surface area (Å²) in [5, 5.41) is 9.93. The molecule has 0 spiro atoms. The smallest absolute Gasteiger partial charge is 0.305 e. The molecule has 0 radical (unpaired) electrons. The zero-order valence-electron chi connectivity index (χ0n) is 11.3. The van der Waals surface area contributed by atoms with Crippen molar-refractivity contribution in [2.75, 3.05) is 6.54 Å². The van der Waals surface area contributed by atoms with Crippen molar-refractivity contribution in [2.24, 2.45) is 0 Å². The maximum atomic E-state index is 13.7. The molecule has 0 saturated carbocycles. The van der Waals surface area contributed by atoms with Gasteiger partial charge in [-0.1, -0.05) is 18.2 Å². The Hall–Kier alpha value is -1.67. The fourth-order valence-corrected chi connectivity index (χ4v) is 2.49. The third-order valence-corrected chi connectivity index (χ3v) is 3.45. The fourth-order valence-electron chi connectivity index (χ4n) is 2.49. The van der Waals surface area contributed by atoms with Gasteiger partial charge in [-0.15, -0.1) is 22.6 Å². The predicted molar refractivity (Wildman–Crippen MR) is 73.1 cm³/mol. The van der Waals surface area contributed by atoms with E-state index in [1.54, 1.807) is 18.2 Å². The van der Waals surface area contributed by atoms with Crippen LogP contribution in [0, 0.1) is 5.82 Å². The molecule has 120 valence electrons. The predicted octanol–water partition coefficient (Wildman–Crippen LogP) is 2.74. The van der Waals surface area contributed by atoms with Crippen molar-refractivity contribution in [3.63, 3.8) is 0 Å². The first-order valence-electron chi connectivity index (χ1n) is 6.44. The molecule has 1 aromatic carbocycles. The van der Waals surface area contributed by atoms with E-state index in [2.05, 4.69) is 15.5 Å². The molecule has 3 rings (SSSR count). The Morgan fingerprint density at radius 2 is 1.95 bits per heavy atom. The molecule has 1 N–H and O–H groups in total. The first kappa shape index (κ1) is 16.7. The van der Waals surface area contributed by atoms with Crippen LogP contribution in [-0.4, -0.2) is 21.3 Å². The van der Waals surface area contributed by atoms with Gasteiger partial charge in [0.15, 0.2) is 5.82 Å². The van der Waals surface area contributed by atoms with Gasteiger partial charge in [0, 0.05) is 13.1 Å². The zero-order chi connectivity index (χ0) is 15.0. The van der Waals surface area contributed by atoms with Crippen LogP contribution in [0.1, 0.15) is 23.3 Å². The van der Waals surface area contributed by atoms with Gasteiger partial charge in [0.05, 0.1) is 6.04 Å². The number of nitrogens with one attached hydrogen (secondary N) is 1. The molecule has 0 saturated heterocycles. The van der Waals surface area contributed by atoms with E-state index in [0.29, 0.717) is 12.1 Å². The average molecular weight is 337 g/mol. The van der Waals surface area contributed by atoms with Crippen LogP contribution in [0.4, 0.5) is 17.6 Å². The highest BCUT2D eigenvalue weighted by Gasteiger charge is 2.40. The van der Waals surface area contributed by atoms with E-state index < -0.39 is 18.0 Å². The fraction of sp³-hybridized carbons (Fsp3) is 0.385. The lowest BCUT2D eigenvalue weighted by atomic mass is 10.0. The number of rotatable bonds is 2. The maximum absolute atomic E-state index is 13.7. The van der Waals surface area contributed by atoms with E-state index in [9.17, 15) is 17.6 Å². The Bertz CT molecular complexity index is 656. The number of fused-ring (bicyclic) bond motifs is 1. The standard InChI is InChI=1S/C13H12F4N4.ClH/c14-9-4-2-1-3-8(9)7-10-11-19-20-12(13(15,16)17)21(11)6-5-18-10;/h1-4,10,18H,5-7H2;1H. The van der Waals surface area contributed by atoms with Gasteiger partial charge in [-0.05, 0) is 18.1 Å². The summed E-state index contributed by atoms with van der Waals surface area (Å²) in [5.41, 5.74) is 0.431. The molecular formula is C13H13ClF4N4. The molecular weight excluding hydrogens is 324 g/mol. The number of hydrogen-bond donors (Lipinski definition) is 1. The average Bonchev–Trinajstić information content (AvgIpc) is 2.86. The van der Waals surface area contributed by atoms with Crippen LogP contribution < -0.4 is 5.32 Å². The third kappa shape index (κ3) is 3.07. The molecule has 2 aromatic rings. The highest BCUT2D eigenvalue weighted by atomic mass is 35.5. The van der Waals surface area contributed by atoms with Gasteiger partial charge in [-0.2, -0.15) is 13.2 Å². The Labute approximate surface area is 129 Å². The van der Waals surface area contributed by atoms with Crippen LogP contribution in [-0.2, 0) is 19.1 Å². The summed E-state index contributed by atoms with van der Waals surface area (Å²) < 4.78 is 53.2. The normalized spacial score (nSPS) is 17.7. The number of aromatic nitrogens is 3. The van der Waals surface area contributed by atoms with Gasteiger partial charge >= 0.3 is 6.18 Å². The zero-order valence-corrected chi connectivity index (χ0v) is 12.1. The SMILES string of the molecule is Cl.Fc1ccccc1CC1NCCn2c1nnc2C(F)(F)F. The third-order valence-electron chi connectivity index (χ3n) is 3.45. The summed E-state index contributed by atoms with van der Waals surface area (Å²) in [6.07, 6.45) is -4.31. The molecule has 1 unspecified atom stereocenters. The van der Waals surface area contributed by atoms with Gasteiger partial charge in [-0.3, -0.25) is 0 Å². The lowest BCUT2D eigenvalue weighted by Gasteiger charge is -2.25. The van der Waals surface area contributed by atoms with Crippen molar-refractivity contribution in [2.45, 2.75) is 25.2 Å². The van der Waals surface area contributed by atoms with E-state index in [4.69, 9.17) is 0 Å². The minimum absolute atomic E-state index is 0. The van der Waals surface area contributed by atoms with E-state index in [1.165, 1.54) is 6.07 Å². The van der Waals surface area contributed by atoms with Crippen LogP contribution >= 0.6 is 12.4 Å². The van der Waals surface area contributed by atoms with Crippen LogP contribution in [0.5, 0.6) is 0 Å². The molecule has 22 heavy (non-hydrogen) atoms. The lowest BCUT2D eigenvalue weighted by molar-refractivity contribution is -0.147. The number of nitrogens with zero attached hydrogens (tertiary/aromatic N) is 3. The van der Waals surface area contributed by atoms with Gasteiger partial charge in [0.1, 0.15) is 5.82 Å². The number of alkyl halides is 3. The second kappa shape index (κ2) is 6.21. The Morgan fingerprint density at radius 1 is 1.23 bits per heavy atom. The summed E-state index contributed by atoms with van der Waals surface area (Å²) in [5.74, 6) is -1.19. The van der Waals surface area contributed by atoms with Crippen molar-refractivity contribution in [1.82, 2.24) is 20.1 Å². The molecule has 1 aromatic heterocycles. The van der Waals surface area contributed by atoms with E-state index in [1.807, 2.05) is 0 Å². The van der Waals surface area contributed by atoms with Gasteiger partial charge in [-0.25, -0.2) is 4.39 Å². The van der Waals surface area contributed by atoms with Gasteiger partial charge in [0.25, 0.3) is 0 Å². The van der Waals surface area contributed by atoms with Crippen molar-refractivity contribution in [3.8, 4) is 0 Å². The summed E-state index contributed by atoms with van der Waals surface area (Å²) in [6.45, 7) is 0.498. The molecule has 1 aliphatic heterocycles. The van der Waals surface area contributed by atoms with E-state index in [0.717, 1.165) is 4.57 Å². The Balaban J connectivity index is 0.00000176. The summed E-state index contributed by atoms with van der Waals surface area (Å²) in [7, 11) is 0. The molecule has 4 nitrogen and oxygen atoms in total. The minimum Gasteiger partial charge on any atom is -0.305 e. The largest absolute Gasteiger partial charge is 0.451 e. The molecule has 9 heteroatoms. The quantitative estimate of drug-likeness (QED) is 0.858. The second-order valence-electron chi connectivity index (χ2n) is 4.83. The number of halogens is 5. The van der Waals surface area contributed by atoms with E-state index in [-0.39, 0.29) is 37.0 Å². The monoisotopic (exact) mass is 336 g/mol. The molecule has 1 atom stereocenters. The first-order chi connectivity index (χ1) is 9.97. The highest BCUT2D eigenvalue weighted by molar-refractivity contribution is 5.85. The van der Waals surface area contributed by atoms with E-state index >= 15 is 0 Å². The Kier molecular flexibility index (Phi) is 4.72. The molecule has 0 amide bonds. The topological polar surface area (TPSA) is 42.7 Å². The number of benzene rings is 1.